The number of para-hydroxylation sites is 1. The lowest BCUT2D eigenvalue weighted by Crippen LogP contribution is -2.59. The monoisotopic (exact) mass is 627 g/mol. The van der Waals surface area contributed by atoms with Crippen LogP contribution in [0.1, 0.15) is 57.9 Å². The fourth-order valence-electron chi connectivity index (χ4n) is 8.24. The minimum absolute atomic E-state index is 0.199. The largest absolute Gasteiger partial charge is 0.394 e. The lowest BCUT2D eigenvalue weighted by molar-refractivity contribution is -0.155. The third-order valence-corrected chi connectivity index (χ3v) is 10.4. The number of carbonyl (C=O) groups excluding carboxylic acids is 3. The zero-order valence-electron chi connectivity index (χ0n) is 27.4. The van der Waals surface area contributed by atoms with Crippen molar-refractivity contribution >= 4 is 23.4 Å². The Balaban J connectivity index is 1.62. The summed E-state index contributed by atoms with van der Waals surface area (Å²) in [6.45, 7) is 12.8. The molecule has 1 N–H and O–H groups in total. The maximum Gasteiger partial charge on any atom is 0.248 e. The Morgan fingerprint density at radius 1 is 1.00 bits per heavy atom. The average molecular weight is 628 g/mol. The molecule has 2 bridgehead atoms. The highest BCUT2D eigenvalue weighted by Crippen LogP contribution is 2.65. The predicted molar refractivity (Wildman–Crippen MR) is 180 cm³/mol. The molecule has 6 atom stereocenters. The number of ether oxygens (including phenoxy) is 1. The van der Waals surface area contributed by atoms with Gasteiger partial charge in [0.25, 0.3) is 0 Å². The first kappa shape index (κ1) is 33.6. The van der Waals surface area contributed by atoms with Crippen LogP contribution in [0.5, 0.6) is 0 Å². The van der Waals surface area contributed by atoms with Crippen LogP contribution in [0.15, 0.2) is 86.0 Å². The number of anilines is 1. The lowest BCUT2D eigenvalue weighted by atomic mass is 9.64. The number of nitrogens with zero attached hydrogens (tertiary/aromatic N) is 3. The van der Waals surface area contributed by atoms with Crippen LogP contribution in [-0.4, -0.2) is 82.2 Å². The van der Waals surface area contributed by atoms with Crippen LogP contribution < -0.4 is 4.90 Å². The standard InChI is InChI=1S/C38H49N3O5/c1-5-9-16-25-39(23-6-2)36(45)33-38-22-21-37(8-4,46-38)31(34(43)40(24-7-3)29-19-14-11-15-20-29)32(38)35(44)41(33)30(27-42)26-28-17-12-10-13-18-28/h6-7,10-15,17-20,30-33,42H,2-3,5,8-9,16,21-27H2,1,4H3/t30-,31+,32+,33?,37-,38?/m1/s1. The van der Waals surface area contributed by atoms with E-state index >= 15 is 0 Å². The first-order valence-corrected chi connectivity index (χ1v) is 16.9. The van der Waals surface area contributed by atoms with E-state index in [2.05, 4.69) is 20.1 Å². The van der Waals surface area contributed by atoms with E-state index in [4.69, 9.17) is 4.74 Å². The van der Waals surface area contributed by atoms with Crippen LogP contribution in [-0.2, 0) is 25.5 Å². The molecule has 246 valence electrons. The van der Waals surface area contributed by atoms with E-state index in [0.29, 0.717) is 38.8 Å². The molecule has 0 radical (unpaired) electrons. The van der Waals surface area contributed by atoms with Crippen LogP contribution >= 0.6 is 0 Å². The number of hydrogen-bond acceptors (Lipinski definition) is 5. The Morgan fingerprint density at radius 2 is 1.67 bits per heavy atom. The number of aliphatic hydroxyl groups is 1. The second kappa shape index (κ2) is 14.3. The minimum Gasteiger partial charge on any atom is -0.394 e. The van der Waals surface area contributed by atoms with E-state index in [1.165, 1.54) is 0 Å². The van der Waals surface area contributed by atoms with Gasteiger partial charge in [-0.3, -0.25) is 14.4 Å². The van der Waals surface area contributed by atoms with Gasteiger partial charge in [-0.25, -0.2) is 0 Å². The van der Waals surface area contributed by atoms with E-state index < -0.39 is 35.1 Å². The summed E-state index contributed by atoms with van der Waals surface area (Å²) in [5.41, 5.74) is -0.397. The maximum absolute atomic E-state index is 15.0. The molecular formula is C38H49N3O5. The van der Waals surface area contributed by atoms with Crippen LogP contribution in [0.2, 0.25) is 0 Å². The predicted octanol–water partition coefficient (Wildman–Crippen LogP) is 5.17. The summed E-state index contributed by atoms with van der Waals surface area (Å²) in [5.74, 6) is -2.34. The van der Waals surface area contributed by atoms with E-state index in [1.54, 1.807) is 26.9 Å². The number of unbranched alkanes of at least 4 members (excludes halogenated alkanes) is 2. The molecular weight excluding hydrogens is 578 g/mol. The van der Waals surface area contributed by atoms with Gasteiger partial charge in [0.15, 0.2) is 0 Å². The zero-order valence-corrected chi connectivity index (χ0v) is 27.4. The molecule has 8 heteroatoms. The van der Waals surface area contributed by atoms with Crippen molar-refractivity contribution in [2.45, 2.75) is 82.1 Å². The number of carbonyl (C=O) groups is 3. The third kappa shape index (κ3) is 5.82. The van der Waals surface area contributed by atoms with E-state index in [1.807, 2.05) is 67.6 Å². The second-order valence-electron chi connectivity index (χ2n) is 13.0. The third-order valence-electron chi connectivity index (χ3n) is 10.4. The molecule has 3 heterocycles. The molecule has 0 saturated carbocycles. The van der Waals surface area contributed by atoms with Crippen molar-refractivity contribution in [1.29, 1.82) is 0 Å². The van der Waals surface area contributed by atoms with Gasteiger partial charge in [0.05, 0.1) is 30.1 Å². The Kier molecular flexibility index (Phi) is 10.5. The molecule has 3 amide bonds. The maximum atomic E-state index is 15.0. The SMILES string of the molecule is C=CCN(CCCCC)C(=O)C1N([C@@H](CO)Cc2ccccc2)C(=O)[C@@H]2[C@@H](C(=O)N(CC=C)c3ccccc3)[C@@]3(CC)CCC12O3. The minimum atomic E-state index is -1.19. The molecule has 3 saturated heterocycles. The van der Waals surface area contributed by atoms with Crippen molar-refractivity contribution in [1.82, 2.24) is 9.80 Å². The van der Waals surface area contributed by atoms with Gasteiger partial charge in [-0.15, -0.1) is 13.2 Å². The molecule has 8 nitrogen and oxygen atoms in total. The summed E-state index contributed by atoms with van der Waals surface area (Å²) in [6, 6.07) is 17.5. The smallest absolute Gasteiger partial charge is 0.248 e. The van der Waals surface area contributed by atoms with Gasteiger partial charge >= 0.3 is 0 Å². The molecule has 5 rings (SSSR count). The molecule has 2 aromatic rings. The average Bonchev–Trinajstić information content (AvgIpc) is 3.69. The van der Waals surface area contributed by atoms with Gasteiger partial charge in [0.1, 0.15) is 11.6 Å². The van der Waals surface area contributed by atoms with Gasteiger partial charge in [0, 0.05) is 25.3 Å². The van der Waals surface area contributed by atoms with Crippen LogP contribution in [0.3, 0.4) is 0 Å². The topological polar surface area (TPSA) is 90.4 Å². The van der Waals surface area contributed by atoms with Crippen molar-refractivity contribution in [2.24, 2.45) is 11.8 Å². The number of hydrogen-bond donors (Lipinski definition) is 1. The lowest BCUT2D eigenvalue weighted by Gasteiger charge is -2.39. The fourth-order valence-corrected chi connectivity index (χ4v) is 8.24. The molecule has 1 spiro atoms. The molecule has 3 aliphatic rings. The zero-order chi connectivity index (χ0) is 32.9. The molecule has 3 fully saturated rings. The van der Waals surface area contributed by atoms with E-state index in [-0.39, 0.29) is 30.9 Å². The second-order valence-corrected chi connectivity index (χ2v) is 13.0. The molecule has 2 aromatic carbocycles. The highest BCUT2D eigenvalue weighted by Gasteiger charge is 2.79. The summed E-state index contributed by atoms with van der Waals surface area (Å²) in [5, 5.41) is 10.8. The Labute approximate surface area is 273 Å². The van der Waals surface area contributed by atoms with Crippen molar-refractivity contribution in [3.8, 4) is 0 Å². The van der Waals surface area contributed by atoms with Gasteiger partial charge < -0.3 is 24.5 Å². The highest BCUT2D eigenvalue weighted by atomic mass is 16.5. The molecule has 3 aliphatic heterocycles. The highest BCUT2D eigenvalue weighted by molar-refractivity contribution is 6.03. The van der Waals surface area contributed by atoms with Gasteiger partial charge in [-0.1, -0.05) is 87.4 Å². The summed E-state index contributed by atoms with van der Waals surface area (Å²) >= 11 is 0. The first-order chi connectivity index (χ1) is 22.3. The van der Waals surface area contributed by atoms with Gasteiger partial charge in [0.2, 0.25) is 17.7 Å². The quantitative estimate of drug-likeness (QED) is 0.205. The number of fused-ring (bicyclic) bond motifs is 1. The number of rotatable bonds is 16. The summed E-state index contributed by atoms with van der Waals surface area (Å²) in [4.78, 5) is 49.6. The molecule has 0 aliphatic carbocycles. The Hall–Kier alpha value is -3.75. The normalized spacial score (nSPS) is 26.9. The van der Waals surface area contributed by atoms with Crippen molar-refractivity contribution in [2.75, 3.05) is 31.1 Å². The number of benzene rings is 2. The number of aliphatic hydroxyl groups excluding tert-OH is 1. The van der Waals surface area contributed by atoms with Crippen molar-refractivity contribution in [3.63, 3.8) is 0 Å². The summed E-state index contributed by atoms with van der Waals surface area (Å²) in [6.07, 6.45) is 8.17. The molecule has 0 aromatic heterocycles. The van der Waals surface area contributed by atoms with Crippen LogP contribution in [0.4, 0.5) is 5.69 Å². The Bertz CT molecular complexity index is 1400. The molecule has 46 heavy (non-hydrogen) atoms. The Morgan fingerprint density at radius 3 is 2.28 bits per heavy atom. The van der Waals surface area contributed by atoms with Crippen LogP contribution in [0.25, 0.3) is 0 Å². The van der Waals surface area contributed by atoms with Crippen molar-refractivity contribution in [3.05, 3.63) is 91.5 Å². The molecule has 2 unspecified atom stereocenters. The summed E-state index contributed by atoms with van der Waals surface area (Å²) < 4.78 is 7.06. The van der Waals surface area contributed by atoms with E-state index in [0.717, 1.165) is 30.5 Å². The van der Waals surface area contributed by atoms with Crippen molar-refractivity contribution < 1.29 is 24.2 Å². The summed E-state index contributed by atoms with van der Waals surface area (Å²) in [7, 11) is 0. The fraction of sp³-hybridized carbons (Fsp3) is 0.500. The first-order valence-electron chi connectivity index (χ1n) is 16.9. The number of likely N-dealkylation sites (tertiary alicyclic amines) is 1. The van der Waals surface area contributed by atoms with E-state index in [9.17, 15) is 19.5 Å². The van der Waals surface area contributed by atoms with Gasteiger partial charge in [-0.2, -0.15) is 0 Å². The number of amides is 3. The van der Waals surface area contributed by atoms with Crippen LogP contribution in [0, 0.1) is 11.8 Å². The van der Waals surface area contributed by atoms with Gasteiger partial charge in [-0.05, 0) is 49.8 Å².